The van der Waals surface area contributed by atoms with Crippen LogP contribution in [-0.2, 0) is 19.6 Å². The number of esters is 1. The molecule has 44 heavy (non-hydrogen) atoms. The van der Waals surface area contributed by atoms with E-state index in [0.29, 0.717) is 12.8 Å². The predicted molar refractivity (Wildman–Crippen MR) is 153 cm³/mol. The van der Waals surface area contributed by atoms with Gasteiger partial charge in [-0.3, -0.25) is 3.63 Å². The minimum Gasteiger partial charge on any atom is -0.460 e. The maximum atomic E-state index is 14.9. The van der Waals surface area contributed by atoms with E-state index in [9.17, 15) is 39.6 Å². The summed E-state index contributed by atoms with van der Waals surface area (Å²) in [5.41, 5.74) is 0. The molecule has 0 aromatic heterocycles. The van der Waals surface area contributed by atoms with E-state index in [2.05, 4.69) is 3.63 Å². The molecule has 14 heteroatoms. The SMILES string of the molecule is O=C(OC1CC2CC1CC2CCl)C(C(F)(F)F)(C(F)(F)F)S(=O)(=O)[OH+]S(c1ccccc1)(c1ccccc1)c1ccccc1. The van der Waals surface area contributed by atoms with Crippen molar-refractivity contribution in [2.75, 3.05) is 5.88 Å². The largest absolute Gasteiger partial charge is 0.460 e. The highest BCUT2D eigenvalue weighted by Gasteiger charge is 2.89. The molecule has 3 aromatic rings. The Kier molecular flexibility index (Phi) is 8.82. The van der Waals surface area contributed by atoms with Crippen LogP contribution in [0, 0.1) is 17.8 Å². The van der Waals surface area contributed by atoms with Crippen molar-refractivity contribution < 1.29 is 47.9 Å². The number of hydrogen-bond acceptors (Lipinski definition) is 4. The third-order valence-corrected chi connectivity index (χ3v) is 14.7. The normalized spacial score (nSPS) is 23.0. The maximum absolute atomic E-state index is 14.9. The van der Waals surface area contributed by atoms with Crippen molar-refractivity contribution in [3.05, 3.63) is 91.0 Å². The molecule has 2 bridgehead atoms. The molecule has 2 fully saturated rings. The van der Waals surface area contributed by atoms with E-state index in [-0.39, 0.29) is 38.8 Å². The number of benzene rings is 3. The number of ether oxygens (including phenoxy) is 1. The van der Waals surface area contributed by atoms with Crippen LogP contribution in [0.15, 0.2) is 106 Å². The summed E-state index contributed by atoms with van der Waals surface area (Å²) in [5.74, 6) is -3.42. The first-order valence-electron chi connectivity index (χ1n) is 13.6. The molecule has 1 N–H and O–H groups in total. The topological polar surface area (TPSA) is 73.2 Å². The Labute approximate surface area is 257 Å². The summed E-state index contributed by atoms with van der Waals surface area (Å²) in [6, 6.07) is 21.7. The van der Waals surface area contributed by atoms with Crippen LogP contribution in [-0.4, -0.2) is 47.1 Å². The van der Waals surface area contributed by atoms with Gasteiger partial charge >= 0.3 is 33.2 Å². The highest BCUT2D eigenvalue weighted by Crippen LogP contribution is 2.69. The molecule has 4 atom stereocenters. The van der Waals surface area contributed by atoms with E-state index in [1.807, 2.05) is 0 Å². The van der Waals surface area contributed by atoms with Crippen molar-refractivity contribution >= 4 is 38.0 Å². The van der Waals surface area contributed by atoms with Crippen molar-refractivity contribution in [1.82, 2.24) is 0 Å². The molecule has 5 nitrogen and oxygen atoms in total. The standard InChI is InChI=1S/C30H27ClF6O5S2/c31-19-22-17-21-16-20(22)18-26(21)41-27(38)28(29(32,33)34,30(35,36)37)44(39,40)42-43(23-10-4-1-5-11-23,24-12-6-2-7-13-24)25-14-8-3-9-15-25/h1-15,20-22,26H,16-19H2/p+1. The van der Waals surface area contributed by atoms with Gasteiger partial charge in [-0.2, -0.15) is 34.8 Å². The molecule has 0 radical (unpaired) electrons. The molecular formula is C30H28ClF6O5S2+. The van der Waals surface area contributed by atoms with E-state index < -0.39 is 55.5 Å². The summed E-state index contributed by atoms with van der Waals surface area (Å²) in [4.78, 5) is 13.5. The molecule has 2 aliphatic rings. The first kappa shape index (κ1) is 32.6. The quantitative estimate of drug-likeness (QED) is 0.0748. The van der Waals surface area contributed by atoms with Gasteiger partial charge in [0, 0.05) is 5.88 Å². The average molecular weight is 682 g/mol. The molecule has 0 spiro atoms. The van der Waals surface area contributed by atoms with Crippen LogP contribution >= 0.6 is 21.9 Å². The summed E-state index contributed by atoms with van der Waals surface area (Å²) in [6.07, 6.45) is -13.9. The van der Waals surface area contributed by atoms with E-state index in [0.717, 1.165) is 0 Å². The molecule has 0 heterocycles. The van der Waals surface area contributed by atoms with Crippen molar-refractivity contribution in [2.24, 2.45) is 17.8 Å². The van der Waals surface area contributed by atoms with Crippen LogP contribution in [0.25, 0.3) is 0 Å². The van der Waals surface area contributed by atoms with Gasteiger partial charge in [0.15, 0.2) is 0 Å². The lowest BCUT2D eigenvalue weighted by atomic mass is 9.88. The molecule has 0 amide bonds. The van der Waals surface area contributed by atoms with Crippen molar-refractivity contribution in [2.45, 2.75) is 57.2 Å². The molecule has 3 aromatic carbocycles. The second-order valence-corrected chi connectivity index (χ2v) is 15.9. The second kappa shape index (κ2) is 11.9. The molecule has 0 saturated heterocycles. The van der Waals surface area contributed by atoms with Gasteiger partial charge in [0.05, 0.1) is 25.0 Å². The molecule has 5 rings (SSSR count). The van der Waals surface area contributed by atoms with E-state index in [1.54, 1.807) is 18.2 Å². The second-order valence-electron chi connectivity index (χ2n) is 10.8. The lowest BCUT2D eigenvalue weighted by Crippen LogP contribution is -2.68. The van der Waals surface area contributed by atoms with Gasteiger partial charge in [0.1, 0.15) is 6.10 Å². The first-order chi connectivity index (χ1) is 20.7. The summed E-state index contributed by atoms with van der Waals surface area (Å²) >= 11 is 5.93. The van der Waals surface area contributed by atoms with Gasteiger partial charge in [0.25, 0.3) is 0 Å². The van der Waals surface area contributed by atoms with Crippen molar-refractivity contribution in [3.63, 3.8) is 0 Å². The number of hydrogen-bond donors (Lipinski definition) is 0. The van der Waals surface area contributed by atoms with E-state index >= 15 is 0 Å². The highest BCUT2D eigenvalue weighted by molar-refractivity contribution is 8.32. The predicted octanol–water partition coefficient (Wildman–Crippen LogP) is 8.37. The summed E-state index contributed by atoms with van der Waals surface area (Å²) in [6.45, 7) is 0. The Morgan fingerprint density at radius 2 is 1.16 bits per heavy atom. The Hall–Kier alpha value is -2.74. The summed E-state index contributed by atoms with van der Waals surface area (Å²) in [7, 11) is -10.6. The van der Waals surface area contributed by atoms with Crippen molar-refractivity contribution in [3.8, 4) is 0 Å². The zero-order valence-electron chi connectivity index (χ0n) is 22.8. The Morgan fingerprint density at radius 3 is 1.50 bits per heavy atom. The number of carbonyl (C=O) groups is 1. The fraction of sp³-hybridized carbons (Fsp3) is 0.367. The van der Waals surface area contributed by atoms with Crippen LogP contribution in [0.2, 0.25) is 0 Å². The van der Waals surface area contributed by atoms with Gasteiger partial charge in [-0.05, 0) is 73.4 Å². The number of rotatable bonds is 9. The molecule has 4 unspecified atom stereocenters. The maximum Gasteiger partial charge on any atom is 0.435 e. The minimum absolute atomic E-state index is 0.00991. The highest BCUT2D eigenvalue weighted by atomic mass is 35.5. The van der Waals surface area contributed by atoms with Crippen LogP contribution in [0.4, 0.5) is 26.3 Å². The number of halogens is 7. The fourth-order valence-electron chi connectivity index (χ4n) is 6.28. The monoisotopic (exact) mass is 681 g/mol. The van der Waals surface area contributed by atoms with Crippen molar-refractivity contribution in [1.29, 1.82) is 0 Å². The van der Waals surface area contributed by atoms with Crippen LogP contribution in [0.5, 0.6) is 0 Å². The van der Waals surface area contributed by atoms with E-state index in [1.165, 1.54) is 72.8 Å². The van der Waals surface area contributed by atoms with Gasteiger partial charge in [-0.25, -0.2) is 4.79 Å². The number of fused-ring (bicyclic) bond motifs is 2. The summed E-state index contributed by atoms with van der Waals surface area (Å²) in [5, 5.41) is 0. The Morgan fingerprint density at radius 1 is 0.727 bits per heavy atom. The average Bonchev–Trinajstić information content (AvgIpc) is 3.56. The van der Waals surface area contributed by atoms with Gasteiger partial charge < -0.3 is 4.74 Å². The van der Waals surface area contributed by atoms with Crippen LogP contribution < -0.4 is 0 Å². The van der Waals surface area contributed by atoms with Gasteiger partial charge in [0.2, 0.25) is 0 Å². The molecule has 2 saturated carbocycles. The Balaban J connectivity index is 1.70. The minimum atomic E-state index is -6.85. The van der Waals surface area contributed by atoms with Crippen LogP contribution in [0.1, 0.15) is 19.3 Å². The number of alkyl halides is 7. The zero-order valence-corrected chi connectivity index (χ0v) is 25.2. The smallest absolute Gasteiger partial charge is 0.435 e. The third-order valence-electron chi connectivity index (χ3n) is 8.33. The molecule has 0 aliphatic heterocycles. The van der Waals surface area contributed by atoms with Gasteiger partial charge in [-0.1, -0.05) is 54.6 Å². The Bertz CT molecular complexity index is 1460. The molecule has 2 aliphatic carbocycles. The molecular weight excluding hydrogens is 654 g/mol. The zero-order chi connectivity index (χ0) is 32.0. The van der Waals surface area contributed by atoms with Gasteiger partial charge in [-0.15, -0.1) is 11.6 Å². The van der Waals surface area contributed by atoms with Crippen LogP contribution in [0.3, 0.4) is 0 Å². The lowest BCUT2D eigenvalue weighted by molar-refractivity contribution is -0.271. The number of carbonyl (C=O) groups excluding carboxylic acids is 1. The lowest BCUT2D eigenvalue weighted by Gasteiger charge is -2.39. The fourth-order valence-corrected chi connectivity index (χ4v) is 12.6. The van der Waals surface area contributed by atoms with E-state index in [4.69, 9.17) is 16.3 Å². The summed E-state index contributed by atoms with van der Waals surface area (Å²) < 4.78 is 120. The molecule has 238 valence electrons. The third kappa shape index (κ3) is 5.29. The first-order valence-corrected chi connectivity index (χ1v) is 17.1.